The minimum atomic E-state index is -1.05. The van der Waals surface area contributed by atoms with Crippen LogP contribution >= 0.6 is 11.8 Å². The van der Waals surface area contributed by atoms with E-state index in [1.807, 2.05) is 18.4 Å². The minimum absolute atomic E-state index is 0.386. The number of nitrogens with zero attached hydrogens (tertiary/aromatic N) is 1. The monoisotopic (exact) mass is 292 g/mol. The number of ether oxygens (including phenoxy) is 1. The lowest BCUT2D eigenvalue weighted by Gasteiger charge is -2.35. The van der Waals surface area contributed by atoms with E-state index in [0.29, 0.717) is 37.3 Å². The number of carboxylic acids is 1. The Labute approximate surface area is 121 Å². The first kappa shape index (κ1) is 14.7. The van der Waals surface area contributed by atoms with Crippen LogP contribution in [0.25, 0.3) is 0 Å². The van der Waals surface area contributed by atoms with E-state index in [1.54, 1.807) is 6.07 Å². The molecular formula is C14H16N2O3S. The summed E-state index contributed by atoms with van der Waals surface area (Å²) in [6.07, 6.45) is 2.66. The third-order valence-corrected chi connectivity index (χ3v) is 4.27. The highest BCUT2D eigenvalue weighted by molar-refractivity contribution is 7.98. The van der Waals surface area contributed by atoms with Crippen LogP contribution in [0.3, 0.4) is 0 Å². The second-order valence-corrected chi connectivity index (χ2v) is 5.47. The minimum Gasteiger partial charge on any atom is -0.480 e. The van der Waals surface area contributed by atoms with Crippen LogP contribution in [-0.2, 0) is 9.53 Å². The zero-order valence-electron chi connectivity index (χ0n) is 11.2. The van der Waals surface area contributed by atoms with Crippen molar-refractivity contribution in [1.29, 1.82) is 5.26 Å². The van der Waals surface area contributed by atoms with Gasteiger partial charge >= 0.3 is 5.97 Å². The third-order valence-electron chi connectivity index (χ3n) is 3.49. The van der Waals surface area contributed by atoms with E-state index in [2.05, 4.69) is 11.4 Å². The van der Waals surface area contributed by atoms with Crippen LogP contribution in [0.1, 0.15) is 18.4 Å². The number of aliphatic carboxylic acids is 1. The summed E-state index contributed by atoms with van der Waals surface area (Å²) >= 11 is 1.47. The topological polar surface area (TPSA) is 82.3 Å². The van der Waals surface area contributed by atoms with Crippen molar-refractivity contribution in [3.63, 3.8) is 0 Å². The van der Waals surface area contributed by atoms with Gasteiger partial charge in [0.15, 0.2) is 0 Å². The van der Waals surface area contributed by atoms with Gasteiger partial charge in [-0.05, 0) is 18.4 Å². The van der Waals surface area contributed by atoms with Crippen LogP contribution in [0.2, 0.25) is 0 Å². The predicted molar refractivity (Wildman–Crippen MR) is 77.0 cm³/mol. The standard InChI is InChI=1S/C14H16N2O3S/c1-20-12-4-2-3-11(10(12)9-15)16-14(13(17)18)5-7-19-8-6-14/h2-4,16H,5-8H2,1H3,(H,17,18). The predicted octanol–water partition coefficient (Wildman–Crippen LogP) is 2.33. The van der Waals surface area contributed by atoms with Crippen molar-refractivity contribution in [3.8, 4) is 6.07 Å². The molecule has 1 fully saturated rings. The maximum atomic E-state index is 11.6. The van der Waals surface area contributed by atoms with Gasteiger partial charge in [0, 0.05) is 31.0 Å². The fraction of sp³-hybridized carbons (Fsp3) is 0.429. The number of carboxylic acid groups (broad SMARTS) is 1. The molecule has 1 saturated heterocycles. The van der Waals surface area contributed by atoms with Gasteiger partial charge in [-0.25, -0.2) is 4.79 Å². The molecule has 0 amide bonds. The molecule has 0 saturated carbocycles. The average molecular weight is 292 g/mol. The number of hydrogen-bond donors (Lipinski definition) is 2. The molecule has 0 aliphatic carbocycles. The van der Waals surface area contributed by atoms with Crippen molar-refractivity contribution in [3.05, 3.63) is 23.8 Å². The molecule has 1 aromatic carbocycles. The second kappa shape index (κ2) is 6.16. The van der Waals surface area contributed by atoms with Crippen LogP contribution < -0.4 is 5.32 Å². The number of rotatable bonds is 4. The van der Waals surface area contributed by atoms with E-state index in [-0.39, 0.29) is 0 Å². The van der Waals surface area contributed by atoms with Gasteiger partial charge in [-0.3, -0.25) is 0 Å². The lowest BCUT2D eigenvalue weighted by molar-refractivity contribution is -0.145. The molecule has 1 aliphatic rings. The van der Waals surface area contributed by atoms with Crippen LogP contribution in [0.4, 0.5) is 5.69 Å². The van der Waals surface area contributed by atoms with Gasteiger partial charge in [0.2, 0.25) is 0 Å². The molecule has 2 rings (SSSR count). The largest absolute Gasteiger partial charge is 0.480 e. The highest BCUT2D eigenvalue weighted by atomic mass is 32.2. The van der Waals surface area contributed by atoms with Crippen molar-refractivity contribution >= 4 is 23.4 Å². The SMILES string of the molecule is CSc1cccc(NC2(C(=O)O)CCOCC2)c1C#N. The van der Waals surface area contributed by atoms with E-state index in [1.165, 1.54) is 11.8 Å². The zero-order valence-corrected chi connectivity index (χ0v) is 12.0. The molecule has 0 atom stereocenters. The molecule has 5 nitrogen and oxygen atoms in total. The Bertz CT molecular complexity index is 548. The second-order valence-electron chi connectivity index (χ2n) is 4.62. The molecule has 20 heavy (non-hydrogen) atoms. The number of thioether (sulfide) groups is 1. The Balaban J connectivity index is 2.37. The fourth-order valence-corrected chi connectivity index (χ4v) is 2.87. The van der Waals surface area contributed by atoms with Crippen LogP contribution in [0, 0.1) is 11.3 Å². The smallest absolute Gasteiger partial charge is 0.329 e. The maximum absolute atomic E-state index is 11.6. The molecule has 106 valence electrons. The Morgan fingerprint density at radius 1 is 1.50 bits per heavy atom. The van der Waals surface area contributed by atoms with Crippen molar-refractivity contribution in [2.24, 2.45) is 0 Å². The van der Waals surface area contributed by atoms with Gasteiger partial charge in [0.1, 0.15) is 11.6 Å². The van der Waals surface area contributed by atoms with E-state index in [9.17, 15) is 15.2 Å². The van der Waals surface area contributed by atoms with Gasteiger partial charge in [-0.1, -0.05) is 6.07 Å². The quantitative estimate of drug-likeness (QED) is 0.829. The molecule has 0 radical (unpaired) electrons. The molecule has 1 aromatic rings. The van der Waals surface area contributed by atoms with Crippen LogP contribution in [0.15, 0.2) is 23.1 Å². The van der Waals surface area contributed by atoms with Crippen molar-refractivity contribution in [2.75, 3.05) is 24.8 Å². The molecule has 0 unspecified atom stereocenters. The Morgan fingerprint density at radius 3 is 2.75 bits per heavy atom. The summed E-state index contributed by atoms with van der Waals surface area (Å²) < 4.78 is 5.24. The highest BCUT2D eigenvalue weighted by Gasteiger charge is 2.40. The molecule has 0 bridgehead atoms. The zero-order chi connectivity index (χ0) is 14.6. The van der Waals surface area contributed by atoms with Gasteiger partial charge in [0.25, 0.3) is 0 Å². The highest BCUT2D eigenvalue weighted by Crippen LogP contribution is 2.31. The van der Waals surface area contributed by atoms with Crippen molar-refractivity contribution in [2.45, 2.75) is 23.3 Å². The number of nitriles is 1. The van der Waals surface area contributed by atoms with E-state index in [4.69, 9.17) is 4.74 Å². The van der Waals surface area contributed by atoms with Crippen LogP contribution in [-0.4, -0.2) is 36.1 Å². The average Bonchev–Trinajstić information content (AvgIpc) is 2.47. The first-order valence-corrected chi connectivity index (χ1v) is 7.52. The number of hydrogen-bond acceptors (Lipinski definition) is 5. The van der Waals surface area contributed by atoms with Gasteiger partial charge in [-0.2, -0.15) is 5.26 Å². The van der Waals surface area contributed by atoms with E-state index in [0.717, 1.165) is 4.90 Å². The summed E-state index contributed by atoms with van der Waals surface area (Å²) in [6, 6.07) is 7.58. The fourth-order valence-electron chi connectivity index (χ4n) is 2.29. The lowest BCUT2D eigenvalue weighted by Crippen LogP contribution is -2.50. The van der Waals surface area contributed by atoms with E-state index < -0.39 is 11.5 Å². The van der Waals surface area contributed by atoms with Gasteiger partial charge in [0.05, 0.1) is 11.3 Å². The molecule has 0 aromatic heterocycles. The molecule has 2 N–H and O–H groups in total. The van der Waals surface area contributed by atoms with E-state index >= 15 is 0 Å². The van der Waals surface area contributed by atoms with Gasteiger partial charge < -0.3 is 15.2 Å². The first-order chi connectivity index (χ1) is 9.63. The van der Waals surface area contributed by atoms with Crippen molar-refractivity contribution in [1.82, 2.24) is 0 Å². The summed E-state index contributed by atoms with van der Waals surface area (Å²) in [7, 11) is 0. The maximum Gasteiger partial charge on any atom is 0.329 e. The van der Waals surface area contributed by atoms with Crippen LogP contribution in [0.5, 0.6) is 0 Å². The Hall–Kier alpha value is -1.71. The summed E-state index contributed by atoms with van der Waals surface area (Å²) in [5, 5.41) is 21.9. The molecule has 1 aliphatic heterocycles. The normalized spacial score (nSPS) is 17.2. The molecular weight excluding hydrogens is 276 g/mol. The Kier molecular flexibility index (Phi) is 4.53. The molecule has 0 spiro atoms. The number of benzene rings is 1. The number of carbonyl (C=O) groups is 1. The van der Waals surface area contributed by atoms with Crippen molar-refractivity contribution < 1.29 is 14.6 Å². The summed E-state index contributed by atoms with van der Waals surface area (Å²) in [6.45, 7) is 0.812. The molecule has 1 heterocycles. The Morgan fingerprint density at radius 2 is 2.20 bits per heavy atom. The molecule has 6 heteroatoms. The number of nitrogens with one attached hydrogen (secondary N) is 1. The summed E-state index contributed by atoms with van der Waals surface area (Å²) in [4.78, 5) is 12.5. The lowest BCUT2D eigenvalue weighted by atomic mass is 9.89. The first-order valence-electron chi connectivity index (χ1n) is 6.29. The summed E-state index contributed by atoms with van der Waals surface area (Å²) in [5.41, 5.74) is 0.0108. The third kappa shape index (κ3) is 2.74. The number of anilines is 1. The summed E-state index contributed by atoms with van der Waals surface area (Å²) in [5.74, 6) is -0.903. The van der Waals surface area contributed by atoms with Gasteiger partial charge in [-0.15, -0.1) is 11.8 Å².